The van der Waals surface area contributed by atoms with E-state index >= 15 is 0 Å². The minimum absolute atomic E-state index is 0.267. The molecule has 0 aromatic carbocycles. The van der Waals surface area contributed by atoms with Crippen molar-refractivity contribution in [3.05, 3.63) is 26.8 Å². The molecule has 0 saturated carbocycles. The van der Waals surface area contributed by atoms with Crippen LogP contribution in [-0.4, -0.2) is 4.98 Å². The van der Waals surface area contributed by atoms with Crippen molar-refractivity contribution in [2.24, 2.45) is 0 Å². The fourth-order valence-corrected chi connectivity index (χ4v) is 2.17. The Bertz CT molecular complexity index is 319. The zero-order valence-electron chi connectivity index (χ0n) is 6.20. The van der Waals surface area contributed by atoms with Crippen molar-refractivity contribution in [1.29, 1.82) is 0 Å². The molecule has 0 spiro atoms. The SMILES string of the molecule is Fc1cc(C(F)F)nc(CBr)c1I. The summed E-state index contributed by atoms with van der Waals surface area (Å²) in [6.07, 6.45) is -2.73. The van der Waals surface area contributed by atoms with Gasteiger partial charge >= 0.3 is 0 Å². The van der Waals surface area contributed by atoms with Crippen molar-refractivity contribution in [2.75, 3.05) is 0 Å². The minimum atomic E-state index is -2.73. The summed E-state index contributed by atoms with van der Waals surface area (Å²) in [5.41, 5.74) is -0.219. The summed E-state index contributed by atoms with van der Waals surface area (Å²) in [5, 5.41) is 0.267. The molecule has 6 heteroatoms. The highest BCUT2D eigenvalue weighted by molar-refractivity contribution is 14.1. The Morgan fingerprint density at radius 3 is 2.62 bits per heavy atom. The first-order valence-corrected chi connectivity index (χ1v) is 5.45. The molecule has 0 atom stereocenters. The lowest BCUT2D eigenvalue weighted by atomic mass is 10.3. The van der Waals surface area contributed by atoms with Crippen LogP contribution in [0.2, 0.25) is 0 Å². The average Bonchev–Trinajstić information content (AvgIpc) is 2.09. The van der Waals surface area contributed by atoms with E-state index in [2.05, 4.69) is 20.9 Å². The van der Waals surface area contributed by atoms with Crippen LogP contribution in [-0.2, 0) is 5.33 Å². The zero-order chi connectivity index (χ0) is 10.0. The van der Waals surface area contributed by atoms with Gasteiger partial charge in [0.1, 0.15) is 11.5 Å². The van der Waals surface area contributed by atoms with E-state index in [1.165, 1.54) is 0 Å². The monoisotopic (exact) mass is 365 g/mol. The van der Waals surface area contributed by atoms with Crippen molar-refractivity contribution in [3.63, 3.8) is 0 Å². The predicted octanol–water partition coefficient (Wildman–Crippen LogP) is 3.66. The lowest BCUT2D eigenvalue weighted by Gasteiger charge is -2.04. The number of rotatable bonds is 2. The Kier molecular flexibility index (Phi) is 3.96. The number of pyridine rings is 1. The second-order valence-electron chi connectivity index (χ2n) is 2.22. The summed E-state index contributed by atoms with van der Waals surface area (Å²) in [6.45, 7) is 0. The molecule has 13 heavy (non-hydrogen) atoms. The number of alkyl halides is 3. The van der Waals surface area contributed by atoms with Crippen LogP contribution in [0.3, 0.4) is 0 Å². The molecule has 0 N–H and O–H groups in total. The fourth-order valence-electron chi connectivity index (χ4n) is 0.769. The van der Waals surface area contributed by atoms with Gasteiger partial charge in [-0.2, -0.15) is 0 Å². The average molecular weight is 366 g/mol. The molecule has 1 nitrogen and oxygen atoms in total. The summed E-state index contributed by atoms with van der Waals surface area (Å²) >= 11 is 4.78. The Labute approximate surface area is 95.0 Å². The molecular weight excluding hydrogens is 362 g/mol. The summed E-state index contributed by atoms with van der Waals surface area (Å²) < 4.78 is 37.6. The van der Waals surface area contributed by atoms with Crippen molar-refractivity contribution >= 4 is 38.5 Å². The van der Waals surface area contributed by atoms with Crippen LogP contribution in [0.1, 0.15) is 17.8 Å². The highest BCUT2D eigenvalue weighted by Gasteiger charge is 2.15. The Balaban J connectivity index is 3.22. The number of hydrogen-bond acceptors (Lipinski definition) is 1. The summed E-state index contributed by atoms with van der Waals surface area (Å²) in [4.78, 5) is 3.61. The van der Waals surface area contributed by atoms with E-state index < -0.39 is 17.9 Å². The van der Waals surface area contributed by atoms with Crippen molar-refractivity contribution in [1.82, 2.24) is 4.98 Å². The van der Waals surface area contributed by atoms with Crippen LogP contribution < -0.4 is 0 Å². The number of hydrogen-bond donors (Lipinski definition) is 0. The third-order valence-electron chi connectivity index (χ3n) is 1.35. The van der Waals surface area contributed by atoms with Gasteiger partial charge in [0.25, 0.3) is 6.43 Å². The quantitative estimate of drug-likeness (QED) is 0.575. The van der Waals surface area contributed by atoms with Crippen molar-refractivity contribution in [3.8, 4) is 0 Å². The summed E-state index contributed by atoms with van der Waals surface area (Å²) in [6, 6.07) is 0.762. The van der Waals surface area contributed by atoms with Crippen LogP contribution in [0.4, 0.5) is 13.2 Å². The Hall–Kier alpha value is 0.150. The van der Waals surface area contributed by atoms with E-state index in [1.54, 1.807) is 22.6 Å². The largest absolute Gasteiger partial charge is 0.280 e. The fraction of sp³-hybridized carbons (Fsp3) is 0.286. The highest BCUT2D eigenvalue weighted by atomic mass is 127. The Morgan fingerprint density at radius 2 is 2.15 bits per heavy atom. The molecular formula is C7H4BrF3IN. The van der Waals surface area contributed by atoms with Gasteiger partial charge in [-0.25, -0.2) is 18.2 Å². The first-order chi connectivity index (χ1) is 6.06. The van der Waals surface area contributed by atoms with Crippen LogP contribution >= 0.6 is 38.5 Å². The second-order valence-corrected chi connectivity index (χ2v) is 3.86. The Morgan fingerprint density at radius 1 is 1.54 bits per heavy atom. The van der Waals surface area contributed by atoms with Gasteiger partial charge in [-0.15, -0.1) is 0 Å². The minimum Gasteiger partial charge on any atom is -0.250 e. The van der Waals surface area contributed by atoms with Gasteiger partial charge in [-0.05, 0) is 22.6 Å². The van der Waals surface area contributed by atoms with Gasteiger partial charge in [0, 0.05) is 11.4 Å². The van der Waals surface area contributed by atoms with Crippen LogP contribution in [0.25, 0.3) is 0 Å². The lowest BCUT2D eigenvalue weighted by Crippen LogP contribution is -2.00. The highest BCUT2D eigenvalue weighted by Crippen LogP contribution is 2.23. The van der Waals surface area contributed by atoms with E-state index in [0.717, 1.165) is 6.07 Å². The van der Waals surface area contributed by atoms with E-state index in [0.29, 0.717) is 5.69 Å². The molecule has 0 amide bonds. The van der Waals surface area contributed by atoms with Gasteiger partial charge in [0.05, 0.1) is 9.26 Å². The van der Waals surface area contributed by atoms with Gasteiger partial charge in [-0.3, -0.25) is 0 Å². The zero-order valence-corrected chi connectivity index (χ0v) is 9.94. The first kappa shape index (κ1) is 11.2. The maximum atomic E-state index is 13.0. The van der Waals surface area contributed by atoms with Gasteiger partial charge in [0.2, 0.25) is 0 Å². The lowest BCUT2D eigenvalue weighted by molar-refractivity contribution is 0.145. The molecule has 1 aromatic heterocycles. The number of nitrogens with zero attached hydrogens (tertiary/aromatic N) is 1. The maximum absolute atomic E-state index is 13.0. The van der Waals surface area contributed by atoms with E-state index in [9.17, 15) is 13.2 Å². The van der Waals surface area contributed by atoms with Gasteiger partial charge in [0.15, 0.2) is 0 Å². The second kappa shape index (κ2) is 4.59. The third-order valence-corrected chi connectivity index (χ3v) is 3.02. The first-order valence-electron chi connectivity index (χ1n) is 3.25. The molecule has 0 aliphatic heterocycles. The third kappa shape index (κ3) is 2.55. The molecule has 72 valence electrons. The van der Waals surface area contributed by atoms with Crippen LogP contribution in [0.15, 0.2) is 6.07 Å². The van der Waals surface area contributed by atoms with Crippen LogP contribution in [0.5, 0.6) is 0 Å². The molecule has 0 fully saturated rings. The molecule has 1 heterocycles. The summed E-state index contributed by atoms with van der Waals surface area (Å²) in [7, 11) is 0. The number of aromatic nitrogens is 1. The van der Waals surface area contributed by atoms with E-state index in [4.69, 9.17) is 0 Å². The maximum Gasteiger partial charge on any atom is 0.280 e. The molecule has 0 saturated heterocycles. The molecule has 0 radical (unpaired) electrons. The van der Waals surface area contributed by atoms with E-state index in [-0.39, 0.29) is 8.90 Å². The smallest absolute Gasteiger partial charge is 0.250 e. The normalized spacial score (nSPS) is 10.9. The van der Waals surface area contributed by atoms with Crippen LogP contribution in [0, 0.1) is 9.39 Å². The molecule has 0 bridgehead atoms. The standard InChI is InChI=1S/C7H4BrF3IN/c8-2-5-6(12)3(9)1-4(13-5)7(10)11/h1,7H,2H2. The van der Waals surface area contributed by atoms with Crippen molar-refractivity contribution < 1.29 is 13.2 Å². The number of halogens is 5. The van der Waals surface area contributed by atoms with E-state index in [1.807, 2.05) is 0 Å². The molecule has 0 aliphatic carbocycles. The topological polar surface area (TPSA) is 12.9 Å². The molecule has 1 rings (SSSR count). The predicted molar refractivity (Wildman–Crippen MR) is 54.5 cm³/mol. The van der Waals surface area contributed by atoms with Gasteiger partial charge < -0.3 is 0 Å². The molecule has 1 aromatic rings. The molecule has 0 unspecified atom stereocenters. The summed E-state index contributed by atoms with van der Waals surface area (Å²) in [5.74, 6) is -0.652. The van der Waals surface area contributed by atoms with Crippen molar-refractivity contribution in [2.45, 2.75) is 11.8 Å². The van der Waals surface area contributed by atoms with Gasteiger partial charge in [-0.1, -0.05) is 15.9 Å². The molecule has 0 aliphatic rings.